The Morgan fingerprint density at radius 1 is 1.21 bits per heavy atom. The summed E-state index contributed by atoms with van der Waals surface area (Å²) in [6.45, 7) is 4.24. The number of fused-ring (bicyclic) bond motifs is 2. The minimum atomic E-state index is -0.0291. The minimum absolute atomic E-state index is 0.0291. The first-order valence-electron chi connectivity index (χ1n) is 9.57. The lowest BCUT2D eigenvalue weighted by atomic mass is 9.77. The van der Waals surface area contributed by atoms with Crippen LogP contribution >= 0.6 is 0 Å². The van der Waals surface area contributed by atoms with Crippen molar-refractivity contribution >= 4 is 17.2 Å². The molecular formula is C20H23N7O. The van der Waals surface area contributed by atoms with Gasteiger partial charge < -0.3 is 10.1 Å². The van der Waals surface area contributed by atoms with Gasteiger partial charge in [-0.3, -0.25) is 4.40 Å². The molecule has 1 fully saturated rings. The van der Waals surface area contributed by atoms with E-state index in [0.29, 0.717) is 12.0 Å². The van der Waals surface area contributed by atoms with Gasteiger partial charge in [-0.1, -0.05) is 6.92 Å². The summed E-state index contributed by atoms with van der Waals surface area (Å²) in [4.78, 5) is 13.4. The van der Waals surface area contributed by atoms with Gasteiger partial charge >= 0.3 is 0 Å². The predicted molar refractivity (Wildman–Crippen MR) is 106 cm³/mol. The Balaban J connectivity index is 1.44. The highest BCUT2D eigenvalue weighted by Crippen LogP contribution is 2.36. The van der Waals surface area contributed by atoms with Crippen molar-refractivity contribution in [2.45, 2.75) is 44.8 Å². The summed E-state index contributed by atoms with van der Waals surface area (Å²) >= 11 is 0. The van der Waals surface area contributed by atoms with E-state index in [0.717, 1.165) is 47.4 Å². The quantitative estimate of drug-likeness (QED) is 0.576. The highest BCUT2D eigenvalue weighted by Gasteiger charge is 2.40. The van der Waals surface area contributed by atoms with Crippen LogP contribution in [0.4, 0.5) is 5.95 Å². The van der Waals surface area contributed by atoms with Crippen molar-refractivity contribution in [1.29, 1.82) is 0 Å². The molecule has 28 heavy (non-hydrogen) atoms. The number of nitrogens with zero attached hydrogens (tertiary/aromatic N) is 6. The number of nitrogens with one attached hydrogen (secondary N) is 1. The van der Waals surface area contributed by atoms with Crippen LogP contribution < -0.4 is 5.32 Å². The number of anilines is 1. The van der Waals surface area contributed by atoms with E-state index >= 15 is 0 Å². The lowest BCUT2D eigenvalue weighted by Gasteiger charge is -2.44. The maximum absolute atomic E-state index is 5.51. The number of imidazole rings is 1. The first kappa shape index (κ1) is 17.1. The van der Waals surface area contributed by atoms with Crippen LogP contribution in [0.2, 0.25) is 0 Å². The number of hydrogen-bond acceptors (Lipinski definition) is 6. The molecule has 0 saturated heterocycles. The average Bonchev–Trinajstić information content (AvgIpc) is 3.29. The van der Waals surface area contributed by atoms with Crippen LogP contribution in [0.1, 0.15) is 32.4 Å². The fraction of sp³-hybridized carbons (Fsp3) is 0.400. The standard InChI is InChI=1S/C20H23N7O/c1-4-15-10-23-19-22-9-13(12-26(15)19)16-5-6-27-17(16)11-21-18(25-27)24-14-7-20(2,8-14)28-3/h5-6,9-12,14H,4,7-8H2,1-3H3,(H,24,25). The summed E-state index contributed by atoms with van der Waals surface area (Å²) in [5.74, 6) is 1.35. The van der Waals surface area contributed by atoms with Crippen LogP contribution in [0.15, 0.2) is 37.1 Å². The second-order valence-electron chi connectivity index (χ2n) is 7.66. The molecule has 0 radical (unpaired) electrons. The van der Waals surface area contributed by atoms with Crippen molar-refractivity contribution in [3.8, 4) is 11.1 Å². The molecule has 0 aromatic carbocycles. The van der Waals surface area contributed by atoms with Gasteiger partial charge in [-0.25, -0.2) is 19.5 Å². The van der Waals surface area contributed by atoms with Crippen LogP contribution in [-0.4, -0.2) is 47.7 Å². The molecule has 1 aliphatic rings. The molecule has 0 amide bonds. The number of aromatic nitrogens is 6. The van der Waals surface area contributed by atoms with Crippen LogP contribution in [0.25, 0.3) is 22.4 Å². The van der Waals surface area contributed by atoms with Crippen molar-refractivity contribution in [2.24, 2.45) is 0 Å². The van der Waals surface area contributed by atoms with Gasteiger partial charge in [0.05, 0.1) is 23.5 Å². The first-order chi connectivity index (χ1) is 13.6. The van der Waals surface area contributed by atoms with Crippen molar-refractivity contribution in [1.82, 2.24) is 29.0 Å². The number of methoxy groups -OCH3 is 1. The summed E-state index contributed by atoms with van der Waals surface area (Å²) in [5, 5.41) is 8.01. The van der Waals surface area contributed by atoms with Gasteiger partial charge in [0.1, 0.15) is 0 Å². The van der Waals surface area contributed by atoms with E-state index in [1.54, 1.807) is 7.11 Å². The van der Waals surface area contributed by atoms with Crippen LogP contribution in [0, 0.1) is 0 Å². The van der Waals surface area contributed by atoms with Crippen molar-refractivity contribution in [3.63, 3.8) is 0 Å². The van der Waals surface area contributed by atoms with Gasteiger partial charge in [0, 0.05) is 48.6 Å². The average molecular weight is 377 g/mol. The first-order valence-corrected chi connectivity index (χ1v) is 9.57. The SMILES string of the molecule is CCc1cnc2ncc(-c3ccn4nc(NC5CC(C)(OC)C5)ncc34)cn12. The molecule has 4 aromatic rings. The van der Waals surface area contributed by atoms with E-state index in [4.69, 9.17) is 4.74 Å². The minimum Gasteiger partial charge on any atom is -0.378 e. The molecule has 144 valence electrons. The molecule has 0 bridgehead atoms. The molecule has 4 aromatic heterocycles. The Labute approximate surface area is 162 Å². The third kappa shape index (κ3) is 2.72. The van der Waals surface area contributed by atoms with Gasteiger partial charge in [-0.05, 0) is 32.3 Å². The van der Waals surface area contributed by atoms with Crippen LogP contribution in [-0.2, 0) is 11.2 Å². The van der Waals surface area contributed by atoms with E-state index in [1.807, 2.05) is 39.8 Å². The summed E-state index contributed by atoms with van der Waals surface area (Å²) in [5.41, 5.74) is 4.12. The Morgan fingerprint density at radius 3 is 2.82 bits per heavy atom. The van der Waals surface area contributed by atoms with Crippen molar-refractivity contribution < 1.29 is 4.74 Å². The predicted octanol–water partition coefficient (Wildman–Crippen LogP) is 2.98. The Kier molecular flexibility index (Phi) is 3.83. The Bertz CT molecular complexity index is 1160. The molecule has 0 atom stereocenters. The van der Waals surface area contributed by atoms with E-state index in [-0.39, 0.29) is 5.60 Å². The number of ether oxygens (including phenoxy) is 1. The molecule has 5 rings (SSSR count). The highest BCUT2D eigenvalue weighted by molar-refractivity contribution is 5.79. The fourth-order valence-electron chi connectivity index (χ4n) is 3.97. The molecular weight excluding hydrogens is 354 g/mol. The van der Waals surface area contributed by atoms with Gasteiger partial charge in [-0.15, -0.1) is 5.10 Å². The van der Waals surface area contributed by atoms with E-state index in [1.165, 1.54) is 0 Å². The van der Waals surface area contributed by atoms with Crippen LogP contribution in [0.5, 0.6) is 0 Å². The molecule has 1 saturated carbocycles. The molecule has 0 spiro atoms. The molecule has 4 heterocycles. The smallest absolute Gasteiger partial charge is 0.241 e. The second kappa shape index (κ2) is 6.27. The van der Waals surface area contributed by atoms with E-state index < -0.39 is 0 Å². The zero-order valence-electron chi connectivity index (χ0n) is 16.3. The Hall–Kier alpha value is -3.00. The summed E-state index contributed by atoms with van der Waals surface area (Å²) in [6, 6.07) is 2.39. The normalized spacial score (nSPS) is 21.9. The highest BCUT2D eigenvalue weighted by atomic mass is 16.5. The molecule has 1 N–H and O–H groups in total. The molecule has 0 aliphatic heterocycles. The zero-order valence-corrected chi connectivity index (χ0v) is 16.3. The summed E-state index contributed by atoms with van der Waals surface area (Å²) in [6.07, 6.45) is 12.4. The summed E-state index contributed by atoms with van der Waals surface area (Å²) < 4.78 is 9.41. The molecule has 8 heteroatoms. The van der Waals surface area contributed by atoms with Crippen molar-refractivity contribution in [3.05, 3.63) is 42.7 Å². The van der Waals surface area contributed by atoms with Gasteiger partial charge in [0.15, 0.2) is 0 Å². The Morgan fingerprint density at radius 2 is 2.04 bits per heavy atom. The van der Waals surface area contributed by atoms with E-state index in [2.05, 4.69) is 45.4 Å². The molecule has 0 unspecified atom stereocenters. The lowest BCUT2D eigenvalue weighted by Crippen LogP contribution is -2.49. The number of hydrogen-bond donors (Lipinski definition) is 1. The zero-order chi connectivity index (χ0) is 19.3. The van der Waals surface area contributed by atoms with Gasteiger partial charge in [0.25, 0.3) is 0 Å². The maximum atomic E-state index is 5.51. The van der Waals surface area contributed by atoms with Crippen LogP contribution in [0.3, 0.4) is 0 Å². The topological polar surface area (TPSA) is 81.6 Å². The number of aryl methyl sites for hydroxylation is 1. The largest absolute Gasteiger partial charge is 0.378 e. The lowest BCUT2D eigenvalue weighted by molar-refractivity contribution is -0.0626. The second-order valence-corrected chi connectivity index (χ2v) is 7.66. The fourth-order valence-corrected chi connectivity index (χ4v) is 3.97. The maximum Gasteiger partial charge on any atom is 0.241 e. The summed E-state index contributed by atoms with van der Waals surface area (Å²) in [7, 11) is 1.76. The monoisotopic (exact) mass is 377 g/mol. The third-order valence-corrected chi connectivity index (χ3v) is 5.71. The van der Waals surface area contributed by atoms with Crippen molar-refractivity contribution in [2.75, 3.05) is 12.4 Å². The molecule has 1 aliphatic carbocycles. The van der Waals surface area contributed by atoms with Gasteiger partial charge in [-0.2, -0.15) is 0 Å². The van der Waals surface area contributed by atoms with Gasteiger partial charge in [0.2, 0.25) is 11.7 Å². The van der Waals surface area contributed by atoms with E-state index in [9.17, 15) is 0 Å². The third-order valence-electron chi connectivity index (χ3n) is 5.71. The molecule has 8 nitrogen and oxygen atoms in total. The number of rotatable bonds is 5.